The first-order chi connectivity index (χ1) is 7.65. The van der Waals surface area contributed by atoms with Crippen LogP contribution < -0.4 is 5.32 Å². The zero-order chi connectivity index (χ0) is 11.6. The van der Waals surface area contributed by atoms with Gasteiger partial charge in [-0.3, -0.25) is 4.90 Å². The Bertz CT molecular complexity index is 221. The van der Waals surface area contributed by atoms with Crippen LogP contribution in [0.1, 0.15) is 46.5 Å². The standard InChI is InChI=1S/C14H28N2/c1-4-14(5-7-15-8-6-14)11-16-10-12(2)9-13(16)3/h12-13,15H,4-11H2,1-3H3. The zero-order valence-electron chi connectivity index (χ0n) is 11.3. The lowest BCUT2D eigenvalue weighted by atomic mass is 9.76. The Morgan fingerprint density at radius 1 is 1.25 bits per heavy atom. The number of nitrogens with one attached hydrogen (secondary N) is 1. The molecule has 2 unspecified atom stereocenters. The normalized spacial score (nSPS) is 35.4. The fourth-order valence-electron chi connectivity index (χ4n) is 3.62. The highest BCUT2D eigenvalue weighted by atomic mass is 15.2. The predicted molar refractivity (Wildman–Crippen MR) is 69.6 cm³/mol. The maximum absolute atomic E-state index is 3.50. The van der Waals surface area contributed by atoms with E-state index in [1.54, 1.807) is 0 Å². The molecule has 0 spiro atoms. The molecule has 2 aliphatic rings. The molecule has 1 N–H and O–H groups in total. The third kappa shape index (κ3) is 2.60. The van der Waals surface area contributed by atoms with Crippen molar-refractivity contribution in [3.63, 3.8) is 0 Å². The van der Waals surface area contributed by atoms with Crippen LogP contribution in [0.2, 0.25) is 0 Å². The summed E-state index contributed by atoms with van der Waals surface area (Å²) in [6, 6.07) is 0.813. The van der Waals surface area contributed by atoms with E-state index in [9.17, 15) is 0 Å². The van der Waals surface area contributed by atoms with Crippen molar-refractivity contribution in [1.82, 2.24) is 10.2 Å². The second kappa shape index (κ2) is 5.05. The monoisotopic (exact) mass is 224 g/mol. The van der Waals surface area contributed by atoms with Crippen LogP contribution in [0.15, 0.2) is 0 Å². The summed E-state index contributed by atoms with van der Waals surface area (Å²) < 4.78 is 0. The van der Waals surface area contributed by atoms with E-state index >= 15 is 0 Å². The fourth-order valence-corrected chi connectivity index (χ4v) is 3.62. The molecule has 0 radical (unpaired) electrons. The van der Waals surface area contributed by atoms with Gasteiger partial charge in [0.15, 0.2) is 0 Å². The van der Waals surface area contributed by atoms with E-state index < -0.39 is 0 Å². The first-order valence-electron chi connectivity index (χ1n) is 7.10. The number of hydrogen-bond donors (Lipinski definition) is 1. The second-order valence-electron chi connectivity index (χ2n) is 6.22. The maximum Gasteiger partial charge on any atom is 0.00702 e. The summed E-state index contributed by atoms with van der Waals surface area (Å²) >= 11 is 0. The molecule has 2 saturated heterocycles. The molecule has 2 nitrogen and oxygen atoms in total. The Balaban J connectivity index is 1.95. The Labute approximate surface area is 101 Å². The van der Waals surface area contributed by atoms with Crippen molar-refractivity contribution in [2.45, 2.75) is 52.5 Å². The molecule has 0 aromatic heterocycles. The fraction of sp³-hybridized carbons (Fsp3) is 1.00. The van der Waals surface area contributed by atoms with Crippen LogP contribution in [-0.2, 0) is 0 Å². The highest BCUT2D eigenvalue weighted by Gasteiger charge is 2.36. The van der Waals surface area contributed by atoms with Crippen LogP contribution in [0.4, 0.5) is 0 Å². The van der Waals surface area contributed by atoms with Gasteiger partial charge in [-0.2, -0.15) is 0 Å². The number of nitrogens with zero attached hydrogens (tertiary/aromatic N) is 1. The molecule has 2 fully saturated rings. The second-order valence-corrected chi connectivity index (χ2v) is 6.22. The molecule has 16 heavy (non-hydrogen) atoms. The first kappa shape index (κ1) is 12.4. The molecule has 2 atom stereocenters. The van der Waals surface area contributed by atoms with Crippen LogP contribution in [0.25, 0.3) is 0 Å². The van der Waals surface area contributed by atoms with Crippen LogP contribution >= 0.6 is 0 Å². The molecular formula is C14H28N2. The van der Waals surface area contributed by atoms with Crippen molar-refractivity contribution in [2.24, 2.45) is 11.3 Å². The van der Waals surface area contributed by atoms with Gasteiger partial charge < -0.3 is 5.32 Å². The molecule has 0 saturated carbocycles. The third-order valence-electron chi connectivity index (χ3n) is 4.87. The highest BCUT2D eigenvalue weighted by Crippen LogP contribution is 2.36. The maximum atomic E-state index is 3.50. The SMILES string of the molecule is CCC1(CN2CC(C)CC2C)CCNCC1. The lowest BCUT2D eigenvalue weighted by Crippen LogP contribution is -2.45. The molecule has 0 aliphatic carbocycles. The van der Waals surface area contributed by atoms with E-state index in [-0.39, 0.29) is 0 Å². The van der Waals surface area contributed by atoms with E-state index in [2.05, 4.69) is 31.0 Å². The molecule has 2 rings (SSSR count). The van der Waals surface area contributed by atoms with E-state index in [1.807, 2.05) is 0 Å². The molecule has 0 amide bonds. The zero-order valence-corrected chi connectivity index (χ0v) is 11.3. The van der Waals surface area contributed by atoms with Gasteiger partial charge in [-0.15, -0.1) is 0 Å². The van der Waals surface area contributed by atoms with Crippen molar-refractivity contribution >= 4 is 0 Å². The first-order valence-corrected chi connectivity index (χ1v) is 7.10. The Morgan fingerprint density at radius 2 is 1.94 bits per heavy atom. The van der Waals surface area contributed by atoms with E-state index in [4.69, 9.17) is 0 Å². The van der Waals surface area contributed by atoms with Gasteiger partial charge in [0.25, 0.3) is 0 Å². The molecule has 2 heteroatoms. The molecule has 0 bridgehead atoms. The number of likely N-dealkylation sites (tertiary alicyclic amines) is 1. The minimum atomic E-state index is 0.615. The van der Waals surface area contributed by atoms with Crippen molar-refractivity contribution in [3.8, 4) is 0 Å². The van der Waals surface area contributed by atoms with Gasteiger partial charge in [-0.05, 0) is 57.0 Å². The van der Waals surface area contributed by atoms with Crippen molar-refractivity contribution in [2.75, 3.05) is 26.2 Å². The van der Waals surface area contributed by atoms with Crippen molar-refractivity contribution in [1.29, 1.82) is 0 Å². The van der Waals surface area contributed by atoms with Crippen molar-refractivity contribution in [3.05, 3.63) is 0 Å². The molecular weight excluding hydrogens is 196 g/mol. The van der Waals surface area contributed by atoms with Crippen LogP contribution in [0, 0.1) is 11.3 Å². The predicted octanol–water partition coefficient (Wildman–Crippen LogP) is 2.50. The summed E-state index contributed by atoms with van der Waals surface area (Å²) in [5.41, 5.74) is 0.615. The topological polar surface area (TPSA) is 15.3 Å². The summed E-state index contributed by atoms with van der Waals surface area (Å²) in [7, 11) is 0. The third-order valence-corrected chi connectivity index (χ3v) is 4.87. The summed E-state index contributed by atoms with van der Waals surface area (Å²) in [6.45, 7) is 12.3. The molecule has 2 heterocycles. The molecule has 2 aliphatic heterocycles. The Kier molecular flexibility index (Phi) is 3.91. The van der Waals surface area contributed by atoms with Crippen LogP contribution in [-0.4, -0.2) is 37.1 Å². The Hall–Kier alpha value is -0.0800. The molecule has 94 valence electrons. The van der Waals surface area contributed by atoms with E-state index in [1.165, 1.54) is 51.9 Å². The number of rotatable bonds is 3. The van der Waals surface area contributed by atoms with Gasteiger partial charge >= 0.3 is 0 Å². The minimum absolute atomic E-state index is 0.615. The van der Waals surface area contributed by atoms with Gasteiger partial charge in [0.1, 0.15) is 0 Å². The lowest BCUT2D eigenvalue weighted by Gasteiger charge is -2.41. The summed E-state index contributed by atoms with van der Waals surface area (Å²) in [5.74, 6) is 0.908. The lowest BCUT2D eigenvalue weighted by molar-refractivity contribution is 0.101. The van der Waals surface area contributed by atoms with Gasteiger partial charge in [-0.1, -0.05) is 13.8 Å². The number of hydrogen-bond acceptors (Lipinski definition) is 2. The highest BCUT2D eigenvalue weighted by molar-refractivity contribution is 4.90. The van der Waals surface area contributed by atoms with Gasteiger partial charge in [0.2, 0.25) is 0 Å². The average Bonchev–Trinajstić information content (AvgIpc) is 2.59. The minimum Gasteiger partial charge on any atom is -0.317 e. The summed E-state index contributed by atoms with van der Waals surface area (Å²) in [5, 5.41) is 3.50. The summed E-state index contributed by atoms with van der Waals surface area (Å²) in [4.78, 5) is 2.75. The molecule has 0 aromatic rings. The largest absolute Gasteiger partial charge is 0.317 e. The van der Waals surface area contributed by atoms with Gasteiger partial charge in [-0.25, -0.2) is 0 Å². The van der Waals surface area contributed by atoms with Crippen LogP contribution in [0.3, 0.4) is 0 Å². The van der Waals surface area contributed by atoms with Crippen molar-refractivity contribution < 1.29 is 0 Å². The van der Waals surface area contributed by atoms with E-state index in [0.717, 1.165) is 12.0 Å². The van der Waals surface area contributed by atoms with Gasteiger partial charge in [0.05, 0.1) is 0 Å². The Morgan fingerprint density at radius 3 is 2.44 bits per heavy atom. The van der Waals surface area contributed by atoms with E-state index in [0.29, 0.717) is 5.41 Å². The van der Waals surface area contributed by atoms with Gasteiger partial charge in [0, 0.05) is 19.1 Å². The van der Waals surface area contributed by atoms with Crippen LogP contribution in [0.5, 0.6) is 0 Å². The number of piperidine rings is 1. The quantitative estimate of drug-likeness (QED) is 0.792. The molecule has 0 aromatic carbocycles. The summed E-state index contributed by atoms with van der Waals surface area (Å²) in [6.07, 6.45) is 5.51. The smallest absolute Gasteiger partial charge is 0.00702 e. The average molecular weight is 224 g/mol.